The Labute approximate surface area is 140 Å². The number of aromatic nitrogens is 2. The van der Waals surface area contributed by atoms with Crippen molar-refractivity contribution in [2.45, 2.75) is 6.92 Å². The fraction of sp³-hybridized carbons (Fsp3) is 0.0476. The molecule has 0 amide bonds. The maximum Gasteiger partial charge on any atom is 0.136 e. The Hall–Kier alpha value is -3.20. The van der Waals surface area contributed by atoms with E-state index in [1.807, 2.05) is 85.8 Å². The van der Waals surface area contributed by atoms with Gasteiger partial charge in [0.15, 0.2) is 0 Å². The molecule has 0 bridgehead atoms. The van der Waals surface area contributed by atoms with Gasteiger partial charge >= 0.3 is 0 Å². The molecule has 0 N–H and O–H groups in total. The van der Waals surface area contributed by atoms with Crippen LogP contribution in [0.1, 0.15) is 5.76 Å². The lowest BCUT2D eigenvalue weighted by Gasteiger charge is -2.09. The Morgan fingerprint density at radius 3 is 2.00 bits per heavy atom. The molecular weight excluding hydrogens is 296 g/mol. The van der Waals surface area contributed by atoms with Crippen molar-refractivity contribution in [3.8, 4) is 33.8 Å². The average molecular weight is 312 g/mol. The third-order valence-electron chi connectivity index (χ3n) is 3.92. The zero-order valence-corrected chi connectivity index (χ0v) is 13.3. The number of hydrogen-bond acceptors (Lipinski definition) is 3. The summed E-state index contributed by atoms with van der Waals surface area (Å²) in [6, 6.07) is 26.1. The van der Waals surface area contributed by atoms with E-state index in [-0.39, 0.29) is 0 Å². The Bertz CT molecular complexity index is 960. The lowest BCUT2D eigenvalue weighted by molar-refractivity contribution is 0.548. The van der Waals surface area contributed by atoms with E-state index in [0.717, 1.165) is 39.6 Å². The van der Waals surface area contributed by atoms with Crippen LogP contribution in [0.25, 0.3) is 33.8 Å². The van der Waals surface area contributed by atoms with Crippen LogP contribution in [0.4, 0.5) is 0 Å². The van der Waals surface area contributed by atoms with Gasteiger partial charge in [-0.1, -0.05) is 60.7 Å². The Kier molecular flexibility index (Phi) is 3.67. The van der Waals surface area contributed by atoms with Gasteiger partial charge in [0.05, 0.1) is 5.69 Å². The van der Waals surface area contributed by atoms with Crippen LogP contribution in [0, 0.1) is 6.92 Å². The first-order valence-corrected chi connectivity index (χ1v) is 7.86. The van der Waals surface area contributed by atoms with Crippen LogP contribution in [-0.2, 0) is 0 Å². The monoisotopic (exact) mass is 312 g/mol. The number of aryl methyl sites for hydroxylation is 1. The van der Waals surface area contributed by atoms with Crippen LogP contribution in [0.5, 0.6) is 0 Å². The summed E-state index contributed by atoms with van der Waals surface area (Å²) in [7, 11) is 0. The molecule has 0 atom stereocenters. The molecule has 2 heterocycles. The number of rotatable bonds is 3. The van der Waals surface area contributed by atoms with Crippen LogP contribution in [0.15, 0.2) is 83.3 Å². The average Bonchev–Trinajstić information content (AvgIpc) is 3.09. The number of nitrogens with zero attached hydrogens (tertiary/aromatic N) is 2. The zero-order chi connectivity index (χ0) is 16.4. The third-order valence-corrected chi connectivity index (χ3v) is 3.92. The van der Waals surface area contributed by atoms with Crippen molar-refractivity contribution in [2.24, 2.45) is 0 Å². The van der Waals surface area contributed by atoms with Crippen molar-refractivity contribution >= 4 is 0 Å². The predicted octanol–water partition coefficient (Wildman–Crippen LogP) is 5.38. The van der Waals surface area contributed by atoms with Gasteiger partial charge < -0.3 is 4.42 Å². The molecular formula is C21H16N2O. The van der Waals surface area contributed by atoms with Crippen LogP contribution >= 0.6 is 0 Å². The summed E-state index contributed by atoms with van der Waals surface area (Å²) in [5, 5.41) is 8.93. The van der Waals surface area contributed by atoms with E-state index in [2.05, 4.69) is 10.2 Å². The molecule has 0 fully saturated rings. The van der Waals surface area contributed by atoms with Gasteiger partial charge in [0.25, 0.3) is 0 Å². The first-order valence-electron chi connectivity index (χ1n) is 7.86. The summed E-state index contributed by atoms with van der Waals surface area (Å²) in [5.74, 6) is 1.68. The maximum absolute atomic E-state index is 5.85. The number of hydrogen-bond donors (Lipinski definition) is 0. The van der Waals surface area contributed by atoms with E-state index in [0.29, 0.717) is 0 Å². The van der Waals surface area contributed by atoms with Gasteiger partial charge in [-0.3, -0.25) is 0 Å². The maximum atomic E-state index is 5.85. The second-order valence-corrected chi connectivity index (χ2v) is 5.63. The molecule has 0 aliphatic rings. The summed E-state index contributed by atoms with van der Waals surface area (Å²) >= 11 is 0. The van der Waals surface area contributed by atoms with E-state index in [9.17, 15) is 0 Å². The quantitative estimate of drug-likeness (QED) is 0.510. The van der Waals surface area contributed by atoms with Crippen LogP contribution < -0.4 is 0 Å². The standard InChI is InChI=1S/C21H16N2O/c1-15-12-13-20(24-15)18-14-19(16-8-4-2-5-9-16)22-23-21(18)17-10-6-3-7-11-17/h2-14H,1H3. The SMILES string of the molecule is Cc1ccc(-c2cc(-c3ccccc3)nnc2-c2ccccc2)o1. The van der Waals surface area contributed by atoms with Crippen molar-refractivity contribution in [1.29, 1.82) is 0 Å². The fourth-order valence-electron chi connectivity index (χ4n) is 2.72. The highest BCUT2D eigenvalue weighted by Crippen LogP contribution is 2.33. The van der Waals surface area contributed by atoms with Gasteiger partial charge in [-0.15, -0.1) is 10.2 Å². The number of benzene rings is 2. The second-order valence-electron chi connectivity index (χ2n) is 5.63. The molecule has 4 rings (SSSR count). The molecule has 0 unspecified atom stereocenters. The van der Waals surface area contributed by atoms with E-state index in [1.54, 1.807) is 0 Å². The van der Waals surface area contributed by atoms with E-state index >= 15 is 0 Å². The minimum atomic E-state index is 0.804. The number of furan rings is 1. The molecule has 3 heteroatoms. The van der Waals surface area contributed by atoms with E-state index in [1.165, 1.54) is 0 Å². The molecule has 0 aliphatic carbocycles. The summed E-state index contributed by atoms with van der Waals surface area (Å²) < 4.78 is 5.85. The molecule has 3 nitrogen and oxygen atoms in total. The van der Waals surface area contributed by atoms with Gasteiger partial charge in [-0.25, -0.2) is 0 Å². The second kappa shape index (κ2) is 6.13. The fourth-order valence-corrected chi connectivity index (χ4v) is 2.72. The van der Waals surface area contributed by atoms with Gasteiger partial charge in [0.1, 0.15) is 17.2 Å². The molecule has 116 valence electrons. The van der Waals surface area contributed by atoms with E-state index in [4.69, 9.17) is 4.42 Å². The Balaban J connectivity index is 1.91. The first-order chi connectivity index (χ1) is 11.8. The highest BCUT2D eigenvalue weighted by atomic mass is 16.3. The molecule has 0 saturated carbocycles. The Morgan fingerprint density at radius 1 is 0.708 bits per heavy atom. The molecule has 2 aromatic carbocycles. The van der Waals surface area contributed by atoms with Gasteiger partial charge in [-0.05, 0) is 25.1 Å². The van der Waals surface area contributed by atoms with Crippen molar-refractivity contribution in [3.05, 3.63) is 84.6 Å². The molecule has 24 heavy (non-hydrogen) atoms. The van der Waals surface area contributed by atoms with Gasteiger partial charge in [-0.2, -0.15) is 0 Å². The minimum absolute atomic E-state index is 0.804. The molecule has 0 spiro atoms. The highest BCUT2D eigenvalue weighted by molar-refractivity contribution is 5.80. The van der Waals surface area contributed by atoms with Crippen molar-refractivity contribution in [1.82, 2.24) is 10.2 Å². The molecule has 0 radical (unpaired) electrons. The topological polar surface area (TPSA) is 38.9 Å². The normalized spacial score (nSPS) is 10.7. The smallest absolute Gasteiger partial charge is 0.136 e. The lowest BCUT2D eigenvalue weighted by atomic mass is 10.0. The van der Waals surface area contributed by atoms with Gasteiger partial charge in [0, 0.05) is 16.7 Å². The Morgan fingerprint density at radius 2 is 1.38 bits per heavy atom. The lowest BCUT2D eigenvalue weighted by Crippen LogP contribution is -1.95. The summed E-state index contributed by atoms with van der Waals surface area (Å²) in [6.45, 7) is 1.94. The van der Waals surface area contributed by atoms with Crippen molar-refractivity contribution in [3.63, 3.8) is 0 Å². The van der Waals surface area contributed by atoms with Gasteiger partial charge in [0.2, 0.25) is 0 Å². The minimum Gasteiger partial charge on any atom is -0.461 e. The molecule has 0 saturated heterocycles. The summed E-state index contributed by atoms with van der Waals surface area (Å²) in [6.07, 6.45) is 0. The predicted molar refractivity (Wildman–Crippen MR) is 95.3 cm³/mol. The van der Waals surface area contributed by atoms with Crippen LogP contribution in [-0.4, -0.2) is 10.2 Å². The van der Waals surface area contributed by atoms with E-state index < -0.39 is 0 Å². The van der Waals surface area contributed by atoms with Crippen LogP contribution in [0.3, 0.4) is 0 Å². The zero-order valence-electron chi connectivity index (χ0n) is 13.3. The molecule has 0 aliphatic heterocycles. The largest absolute Gasteiger partial charge is 0.461 e. The highest BCUT2D eigenvalue weighted by Gasteiger charge is 2.15. The first kappa shape index (κ1) is 14.4. The molecule has 4 aromatic rings. The summed E-state index contributed by atoms with van der Waals surface area (Å²) in [5.41, 5.74) is 4.66. The van der Waals surface area contributed by atoms with Crippen LogP contribution in [0.2, 0.25) is 0 Å². The molecule has 2 aromatic heterocycles. The third kappa shape index (κ3) is 2.72. The van der Waals surface area contributed by atoms with Crippen molar-refractivity contribution < 1.29 is 4.42 Å². The van der Waals surface area contributed by atoms with Crippen molar-refractivity contribution in [2.75, 3.05) is 0 Å². The summed E-state index contributed by atoms with van der Waals surface area (Å²) in [4.78, 5) is 0.